The van der Waals surface area contributed by atoms with Gasteiger partial charge in [-0.05, 0) is 30.3 Å². The number of benzene rings is 2. The van der Waals surface area contributed by atoms with Crippen LogP contribution in [0, 0.1) is 17.1 Å². The van der Waals surface area contributed by atoms with E-state index in [1.54, 1.807) is 18.2 Å². The summed E-state index contributed by atoms with van der Waals surface area (Å²) >= 11 is 5.82. The first-order chi connectivity index (χ1) is 10.1. The number of halogens is 2. The fourth-order valence-corrected chi connectivity index (χ4v) is 2.37. The highest BCUT2D eigenvalue weighted by Crippen LogP contribution is 2.24. The number of ketones is 1. The Morgan fingerprint density at radius 1 is 1.19 bits per heavy atom. The van der Waals surface area contributed by atoms with Crippen molar-refractivity contribution in [3.8, 4) is 6.07 Å². The lowest BCUT2D eigenvalue weighted by atomic mass is 10.0. The standard InChI is InChI=1S/C16H8ClFN2O/c17-10-2-4-14(18)12(6-10)16(21)13-8-20-15-5-9(7-19)1-3-11(13)15/h1-6,8,20H. The second-order valence-electron chi connectivity index (χ2n) is 4.53. The molecule has 0 saturated heterocycles. The third-order valence-corrected chi connectivity index (χ3v) is 3.46. The van der Waals surface area contributed by atoms with Gasteiger partial charge in [0.15, 0.2) is 5.78 Å². The van der Waals surface area contributed by atoms with Crippen LogP contribution in [-0.4, -0.2) is 10.8 Å². The Labute approximate surface area is 124 Å². The summed E-state index contributed by atoms with van der Waals surface area (Å²) in [6, 6.07) is 10.8. The van der Waals surface area contributed by atoms with Crippen LogP contribution in [0.1, 0.15) is 21.5 Å². The van der Waals surface area contributed by atoms with Crippen molar-refractivity contribution >= 4 is 28.3 Å². The first-order valence-corrected chi connectivity index (χ1v) is 6.49. The molecule has 0 fully saturated rings. The van der Waals surface area contributed by atoms with E-state index in [-0.39, 0.29) is 5.56 Å². The maximum Gasteiger partial charge on any atom is 0.198 e. The molecular formula is C16H8ClFN2O. The fourth-order valence-electron chi connectivity index (χ4n) is 2.20. The molecule has 0 aliphatic rings. The average molecular weight is 299 g/mol. The molecule has 0 amide bonds. The molecule has 3 rings (SSSR count). The molecule has 102 valence electrons. The van der Waals surface area contributed by atoms with Crippen LogP contribution in [0.5, 0.6) is 0 Å². The quantitative estimate of drug-likeness (QED) is 0.725. The lowest BCUT2D eigenvalue weighted by Crippen LogP contribution is -2.03. The van der Waals surface area contributed by atoms with Crippen LogP contribution in [0.15, 0.2) is 42.6 Å². The van der Waals surface area contributed by atoms with E-state index >= 15 is 0 Å². The molecule has 0 radical (unpaired) electrons. The maximum atomic E-state index is 13.8. The zero-order valence-corrected chi connectivity index (χ0v) is 11.4. The number of hydrogen-bond acceptors (Lipinski definition) is 2. The molecule has 0 bridgehead atoms. The summed E-state index contributed by atoms with van der Waals surface area (Å²) in [4.78, 5) is 15.4. The normalized spacial score (nSPS) is 10.5. The fraction of sp³-hybridized carbons (Fsp3) is 0. The van der Waals surface area contributed by atoms with E-state index in [1.165, 1.54) is 18.3 Å². The highest BCUT2D eigenvalue weighted by atomic mass is 35.5. The van der Waals surface area contributed by atoms with Crippen molar-refractivity contribution < 1.29 is 9.18 Å². The lowest BCUT2D eigenvalue weighted by molar-refractivity contribution is 0.103. The summed E-state index contributed by atoms with van der Waals surface area (Å²) in [6.45, 7) is 0. The van der Waals surface area contributed by atoms with Gasteiger partial charge in [-0.2, -0.15) is 5.26 Å². The molecule has 0 aliphatic carbocycles. The first-order valence-electron chi connectivity index (χ1n) is 6.11. The topological polar surface area (TPSA) is 56.6 Å². The van der Waals surface area contributed by atoms with Gasteiger partial charge in [-0.1, -0.05) is 17.7 Å². The van der Waals surface area contributed by atoms with E-state index < -0.39 is 11.6 Å². The Bertz CT molecular complexity index is 908. The highest BCUT2D eigenvalue weighted by molar-refractivity contribution is 6.31. The zero-order chi connectivity index (χ0) is 15.0. The van der Waals surface area contributed by atoms with Gasteiger partial charge in [-0.3, -0.25) is 4.79 Å². The molecule has 0 atom stereocenters. The van der Waals surface area contributed by atoms with E-state index in [0.717, 1.165) is 6.07 Å². The van der Waals surface area contributed by atoms with Crippen molar-refractivity contribution in [2.45, 2.75) is 0 Å². The Kier molecular flexibility index (Phi) is 3.20. The number of nitrogens with zero attached hydrogens (tertiary/aromatic N) is 1. The van der Waals surface area contributed by atoms with Crippen molar-refractivity contribution in [2.24, 2.45) is 0 Å². The smallest absolute Gasteiger partial charge is 0.198 e. The second-order valence-corrected chi connectivity index (χ2v) is 4.96. The van der Waals surface area contributed by atoms with Crippen molar-refractivity contribution in [3.05, 3.63) is 70.1 Å². The van der Waals surface area contributed by atoms with Gasteiger partial charge in [0.25, 0.3) is 0 Å². The van der Waals surface area contributed by atoms with Crippen molar-refractivity contribution in [2.75, 3.05) is 0 Å². The monoisotopic (exact) mass is 298 g/mol. The van der Waals surface area contributed by atoms with Gasteiger partial charge >= 0.3 is 0 Å². The van der Waals surface area contributed by atoms with Gasteiger partial charge < -0.3 is 4.98 Å². The number of aromatic nitrogens is 1. The highest BCUT2D eigenvalue weighted by Gasteiger charge is 2.18. The molecule has 0 saturated carbocycles. The van der Waals surface area contributed by atoms with Crippen LogP contribution in [0.3, 0.4) is 0 Å². The van der Waals surface area contributed by atoms with Gasteiger partial charge in [-0.15, -0.1) is 0 Å². The second kappa shape index (κ2) is 5.04. The number of rotatable bonds is 2. The number of aromatic amines is 1. The molecule has 1 heterocycles. The summed E-state index contributed by atoms with van der Waals surface area (Å²) in [5, 5.41) is 9.80. The van der Waals surface area contributed by atoms with Crippen molar-refractivity contribution in [1.82, 2.24) is 4.98 Å². The molecule has 0 unspecified atom stereocenters. The number of nitriles is 1. The van der Waals surface area contributed by atoms with Crippen LogP contribution < -0.4 is 0 Å². The predicted molar refractivity (Wildman–Crippen MR) is 77.9 cm³/mol. The molecular weight excluding hydrogens is 291 g/mol. The van der Waals surface area contributed by atoms with E-state index in [9.17, 15) is 9.18 Å². The van der Waals surface area contributed by atoms with Crippen LogP contribution in [0.4, 0.5) is 4.39 Å². The first kappa shape index (κ1) is 13.3. The molecule has 1 aromatic heterocycles. The number of carbonyl (C=O) groups is 1. The van der Waals surface area contributed by atoms with Crippen LogP contribution in [-0.2, 0) is 0 Å². The number of fused-ring (bicyclic) bond motifs is 1. The third-order valence-electron chi connectivity index (χ3n) is 3.23. The summed E-state index contributed by atoms with van der Waals surface area (Å²) in [5.41, 5.74) is 1.40. The minimum absolute atomic E-state index is 0.0761. The Morgan fingerprint density at radius 3 is 2.76 bits per heavy atom. The minimum Gasteiger partial charge on any atom is -0.360 e. The number of nitrogens with one attached hydrogen (secondary N) is 1. The molecule has 1 N–H and O–H groups in total. The Balaban J connectivity index is 2.14. The Hall–Kier alpha value is -2.64. The van der Waals surface area contributed by atoms with Crippen molar-refractivity contribution in [3.63, 3.8) is 0 Å². The van der Waals surface area contributed by atoms with E-state index in [2.05, 4.69) is 4.98 Å². The van der Waals surface area contributed by atoms with E-state index in [4.69, 9.17) is 16.9 Å². The van der Waals surface area contributed by atoms with Crippen LogP contribution in [0.2, 0.25) is 5.02 Å². The molecule has 2 aromatic carbocycles. The van der Waals surface area contributed by atoms with Crippen molar-refractivity contribution in [1.29, 1.82) is 5.26 Å². The molecule has 5 heteroatoms. The minimum atomic E-state index is -0.618. The van der Waals surface area contributed by atoms with Gasteiger partial charge in [-0.25, -0.2) is 4.39 Å². The molecule has 0 aliphatic heterocycles. The van der Waals surface area contributed by atoms with Gasteiger partial charge in [0.2, 0.25) is 0 Å². The number of hydrogen-bond donors (Lipinski definition) is 1. The zero-order valence-electron chi connectivity index (χ0n) is 10.7. The van der Waals surface area contributed by atoms with Gasteiger partial charge in [0, 0.05) is 27.7 Å². The largest absolute Gasteiger partial charge is 0.360 e. The number of H-pyrrole nitrogens is 1. The molecule has 3 nitrogen and oxygen atoms in total. The predicted octanol–water partition coefficient (Wildman–Crippen LogP) is 4.06. The van der Waals surface area contributed by atoms with Gasteiger partial charge in [0.1, 0.15) is 5.82 Å². The summed E-state index contributed by atoms with van der Waals surface area (Å²) < 4.78 is 13.8. The summed E-state index contributed by atoms with van der Waals surface area (Å²) in [6.07, 6.45) is 1.51. The summed E-state index contributed by atoms with van der Waals surface area (Å²) in [7, 11) is 0. The number of carbonyl (C=O) groups excluding carboxylic acids is 1. The summed E-state index contributed by atoms with van der Waals surface area (Å²) in [5.74, 6) is -1.07. The van der Waals surface area contributed by atoms with E-state index in [1.807, 2.05) is 6.07 Å². The average Bonchev–Trinajstić information content (AvgIpc) is 2.91. The van der Waals surface area contributed by atoms with Crippen LogP contribution in [0.25, 0.3) is 10.9 Å². The molecule has 0 spiro atoms. The van der Waals surface area contributed by atoms with Gasteiger partial charge in [0.05, 0.1) is 17.2 Å². The van der Waals surface area contributed by atoms with Crippen LogP contribution >= 0.6 is 11.6 Å². The maximum absolute atomic E-state index is 13.8. The SMILES string of the molecule is N#Cc1ccc2c(C(=O)c3cc(Cl)ccc3F)c[nH]c2c1. The lowest BCUT2D eigenvalue weighted by Gasteiger charge is -2.02. The third kappa shape index (κ3) is 2.28. The Morgan fingerprint density at radius 2 is 2.00 bits per heavy atom. The molecule has 3 aromatic rings. The van der Waals surface area contributed by atoms with E-state index in [0.29, 0.717) is 27.1 Å². The molecule has 21 heavy (non-hydrogen) atoms.